The third kappa shape index (κ3) is 2.94. The highest BCUT2D eigenvalue weighted by molar-refractivity contribution is 7.90. The van der Waals surface area contributed by atoms with Crippen molar-refractivity contribution in [2.45, 2.75) is 23.7 Å². The van der Waals surface area contributed by atoms with Gasteiger partial charge in [0.25, 0.3) is 10.0 Å². The van der Waals surface area contributed by atoms with Gasteiger partial charge in [-0.15, -0.1) is 4.40 Å². The summed E-state index contributed by atoms with van der Waals surface area (Å²) < 4.78 is 33.8. The molecule has 0 radical (unpaired) electrons. The number of nitrogens with one attached hydrogen (secondary N) is 1. The van der Waals surface area contributed by atoms with Gasteiger partial charge in [-0.3, -0.25) is 4.90 Å². The van der Waals surface area contributed by atoms with Crippen LogP contribution in [0.2, 0.25) is 0 Å². The Balaban J connectivity index is 1.43. The van der Waals surface area contributed by atoms with Crippen LogP contribution < -0.4 is 5.32 Å². The minimum Gasteiger partial charge on any atom is -0.449 e. The van der Waals surface area contributed by atoms with E-state index in [9.17, 15) is 8.42 Å². The SMILES string of the molecule is O=S1(=O)N=C(CN2CCC(c3ncco3)CC2)Nc2ccccc21. The van der Waals surface area contributed by atoms with E-state index in [0.29, 0.717) is 24.0 Å². The molecule has 0 bridgehead atoms. The largest absolute Gasteiger partial charge is 0.449 e. The fraction of sp³-hybridized carbons (Fsp3) is 0.375. The van der Waals surface area contributed by atoms with Crippen LogP contribution in [0.4, 0.5) is 5.69 Å². The first-order valence-electron chi connectivity index (χ1n) is 7.93. The molecule has 2 aromatic rings. The second kappa shape index (κ2) is 6.03. The number of hydrogen-bond acceptors (Lipinski definition) is 6. The number of aromatic nitrogens is 1. The van der Waals surface area contributed by atoms with Gasteiger partial charge in [-0.25, -0.2) is 4.98 Å². The molecule has 2 aliphatic heterocycles. The summed E-state index contributed by atoms with van der Waals surface area (Å²) in [7, 11) is -3.61. The quantitative estimate of drug-likeness (QED) is 0.915. The first-order chi connectivity index (χ1) is 11.6. The Morgan fingerprint density at radius 3 is 2.79 bits per heavy atom. The van der Waals surface area contributed by atoms with Crippen LogP contribution in [0.5, 0.6) is 0 Å². The number of anilines is 1. The number of rotatable bonds is 3. The van der Waals surface area contributed by atoms with Crippen LogP contribution in [0.3, 0.4) is 0 Å². The molecular formula is C16H18N4O3S. The lowest BCUT2D eigenvalue weighted by Gasteiger charge is -2.31. The molecule has 1 aromatic carbocycles. The molecule has 7 nitrogen and oxygen atoms in total. The number of likely N-dealkylation sites (tertiary alicyclic amines) is 1. The minimum atomic E-state index is -3.61. The van der Waals surface area contributed by atoms with Crippen LogP contribution in [0.15, 0.2) is 50.4 Å². The zero-order valence-electron chi connectivity index (χ0n) is 13.1. The van der Waals surface area contributed by atoms with Crippen molar-refractivity contribution in [3.8, 4) is 0 Å². The van der Waals surface area contributed by atoms with E-state index in [1.165, 1.54) is 0 Å². The van der Waals surface area contributed by atoms with Crippen molar-refractivity contribution in [3.63, 3.8) is 0 Å². The fourth-order valence-electron chi connectivity index (χ4n) is 3.22. The monoisotopic (exact) mass is 346 g/mol. The summed E-state index contributed by atoms with van der Waals surface area (Å²) in [5, 5.41) is 3.14. The molecule has 126 valence electrons. The van der Waals surface area contributed by atoms with Gasteiger partial charge in [0, 0.05) is 5.92 Å². The zero-order chi connectivity index (χ0) is 16.6. The van der Waals surface area contributed by atoms with Crippen LogP contribution in [-0.4, -0.2) is 43.8 Å². The molecular weight excluding hydrogens is 328 g/mol. The third-order valence-electron chi connectivity index (χ3n) is 4.44. The maximum Gasteiger partial charge on any atom is 0.286 e. The predicted molar refractivity (Wildman–Crippen MR) is 89.6 cm³/mol. The van der Waals surface area contributed by atoms with Crippen molar-refractivity contribution in [1.29, 1.82) is 0 Å². The molecule has 0 aliphatic carbocycles. The molecule has 24 heavy (non-hydrogen) atoms. The standard InChI is InChI=1S/C16H18N4O3S/c21-24(22)14-4-2-1-3-13(14)18-15(19-24)11-20-8-5-12(6-9-20)16-17-7-10-23-16/h1-4,7,10,12H,5-6,8-9,11H2,(H,18,19). The maximum absolute atomic E-state index is 12.3. The lowest BCUT2D eigenvalue weighted by atomic mass is 9.97. The molecule has 1 aromatic heterocycles. The van der Waals surface area contributed by atoms with Gasteiger partial charge in [0.15, 0.2) is 5.89 Å². The summed E-state index contributed by atoms with van der Waals surface area (Å²) in [4.78, 5) is 6.66. The number of piperidine rings is 1. The summed E-state index contributed by atoms with van der Waals surface area (Å²) in [6.07, 6.45) is 5.16. The smallest absolute Gasteiger partial charge is 0.286 e. The first-order valence-corrected chi connectivity index (χ1v) is 9.37. The second-order valence-corrected chi connectivity index (χ2v) is 7.63. The van der Waals surface area contributed by atoms with E-state index < -0.39 is 10.0 Å². The number of oxazole rings is 1. The number of fused-ring (bicyclic) bond motifs is 1. The molecule has 1 saturated heterocycles. The maximum atomic E-state index is 12.3. The Morgan fingerprint density at radius 1 is 1.25 bits per heavy atom. The zero-order valence-corrected chi connectivity index (χ0v) is 13.9. The lowest BCUT2D eigenvalue weighted by molar-refractivity contribution is 0.223. The number of hydrogen-bond donors (Lipinski definition) is 1. The van der Waals surface area contributed by atoms with Gasteiger partial charge in [0.1, 0.15) is 17.0 Å². The van der Waals surface area contributed by atoms with Crippen molar-refractivity contribution in [2.24, 2.45) is 4.40 Å². The molecule has 4 rings (SSSR count). The Kier molecular flexibility index (Phi) is 3.85. The number of para-hydroxylation sites is 1. The van der Waals surface area contributed by atoms with Crippen LogP contribution >= 0.6 is 0 Å². The Morgan fingerprint density at radius 2 is 2.04 bits per heavy atom. The van der Waals surface area contributed by atoms with Crippen LogP contribution in [-0.2, 0) is 10.0 Å². The summed E-state index contributed by atoms with van der Waals surface area (Å²) in [6, 6.07) is 6.84. The number of amidine groups is 1. The highest BCUT2D eigenvalue weighted by atomic mass is 32.2. The van der Waals surface area contributed by atoms with E-state index in [2.05, 4.69) is 19.6 Å². The van der Waals surface area contributed by atoms with E-state index >= 15 is 0 Å². The highest BCUT2D eigenvalue weighted by Gasteiger charge is 2.28. The van der Waals surface area contributed by atoms with Crippen molar-refractivity contribution in [3.05, 3.63) is 42.6 Å². The van der Waals surface area contributed by atoms with Gasteiger partial charge in [0.2, 0.25) is 0 Å². The van der Waals surface area contributed by atoms with Gasteiger partial charge in [-0.05, 0) is 38.1 Å². The topological polar surface area (TPSA) is 87.8 Å². The number of benzene rings is 1. The molecule has 1 N–H and O–H groups in total. The predicted octanol–water partition coefficient (Wildman–Crippen LogP) is 2.07. The van der Waals surface area contributed by atoms with Crippen LogP contribution in [0, 0.1) is 0 Å². The van der Waals surface area contributed by atoms with Crippen molar-refractivity contribution < 1.29 is 12.8 Å². The Bertz CT molecular complexity index is 853. The van der Waals surface area contributed by atoms with Crippen LogP contribution in [0.25, 0.3) is 0 Å². The average Bonchev–Trinajstić information content (AvgIpc) is 3.09. The molecule has 0 unspecified atom stereocenters. The molecule has 0 atom stereocenters. The van der Waals surface area contributed by atoms with Gasteiger partial charge < -0.3 is 9.73 Å². The van der Waals surface area contributed by atoms with Gasteiger partial charge in [-0.2, -0.15) is 8.42 Å². The molecule has 0 saturated carbocycles. The summed E-state index contributed by atoms with van der Waals surface area (Å²) in [6.45, 7) is 2.21. The van der Waals surface area contributed by atoms with Gasteiger partial charge >= 0.3 is 0 Å². The molecule has 0 spiro atoms. The molecule has 0 amide bonds. The van der Waals surface area contributed by atoms with E-state index in [1.807, 2.05) is 6.07 Å². The fourth-order valence-corrected chi connectivity index (χ4v) is 4.36. The average molecular weight is 346 g/mol. The van der Waals surface area contributed by atoms with Crippen molar-refractivity contribution in [2.75, 3.05) is 25.0 Å². The molecule has 3 heterocycles. The van der Waals surface area contributed by atoms with E-state index in [0.717, 1.165) is 31.8 Å². The van der Waals surface area contributed by atoms with E-state index in [1.54, 1.807) is 30.7 Å². The summed E-state index contributed by atoms with van der Waals surface area (Å²) >= 11 is 0. The van der Waals surface area contributed by atoms with Gasteiger partial charge in [-0.1, -0.05) is 12.1 Å². The second-order valence-electron chi connectivity index (χ2n) is 6.05. The number of nitrogens with zero attached hydrogens (tertiary/aromatic N) is 3. The third-order valence-corrected chi connectivity index (χ3v) is 5.81. The van der Waals surface area contributed by atoms with Gasteiger partial charge in [0.05, 0.1) is 18.4 Å². The van der Waals surface area contributed by atoms with Crippen molar-refractivity contribution >= 4 is 21.5 Å². The Labute approximate surface area is 140 Å². The summed E-state index contributed by atoms with van der Waals surface area (Å²) in [5.74, 6) is 1.60. The molecule has 2 aliphatic rings. The summed E-state index contributed by atoms with van der Waals surface area (Å²) in [5.41, 5.74) is 0.595. The molecule has 8 heteroatoms. The lowest BCUT2D eigenvalue weighted by Crippen LogP contribution is -2.40. The molecule has 1 fully saturated rings. The number of sulfonamides is 1. The first kappa shape index (κ1) is 15.3. The van der Waals surface area contributed by atoms with Crippen LogP contribution in [0.1, 0.15) is 24.7 Å². The van der Waals surface area contributed by atoms with E-state index in [-0.39, 0.29) is 4.90 Å². The van der Waals surface area contributed by atoms with Crippen molar-refractivity contribution in [1.82, 2.24) is 9.88 Å². The van der Waals surface area contributed by atoms with E-state index in [4.69, 9.17) is 4.42 Å². The highest BCUT2D eigenvalue weighted by Crippen LogP contribution is 2.29. The minimum absolute atomic E-state index is 0.233. The normalized spacial score (nSPS) is 20.9. The Hall–Kier alpha value is -2.19.